The summed E-state index contributed by atoms with van der Waals surface area (Å²) in [5.41, 5.74) is 6.04. The van der Waals surface area contributed by atoms with E-state index in [1.54, 1.807) is 11.1 Å². The average Bonchev–Trinajstić information content (AvgIpc) is 3.14. The Morgan fingerprint density at radius 3 is 0.949 bits per heavy atom. The van der Waals surface area contributed by atoms with Gasteiger partial charge in [-0.25, -0.2) is 0 Å². The molecule has 212 valence electrons. The Morgan fingerprint density at radius 1 is 0.462 bits per heavy atom. The Morgan fingerprint density at radius 2 is 0.718 bits per heavy atom. The summed E-state index contributed by atoms with van der Waals surface area (Å²) >= 11 is -3.48. The average molecular weight is 696 g/mol. The number of allylic oxidation sites excluding steroid dienone is 6. The van der Waals surface area contributed by atoms with Crippen LogP contribution in [-0.4, -0.2) is 50.7 Å². The monoisotopic (exact) mass is 696 g/mol. The number of hydrogen-bond donors (Lipinski definition) is 0. The van der Waals surface area contributed by atoms with Crippen LogP contribution in [0.1, 0.15) is 25.0 Å². The molecule has 1 aliphatic heterocycles. The van der Waals surface area contributed by atoms with Gasteiger partial charge in [0.25, 0.3) is 0 Å². The summed E-state index contributed by atoms with van der Waals surface area (Å²) in [6.07, 6.45) is 5.36. The molecule has 3 rings (SSSR count). The van der Waals surface area contributed by atoms with Crippen LogP contribution in [0, 0.1) is 0 Å². The van der Waals surface area contributed by atoms with Crippen LogP contribution in [0.4, 0.5) is 0 Å². The van der Waals surface area contributed by atoms with Gasteiger partial charge in [0, 0.05) is 0 Å². The van der Waals surface area contributed by atoms with E-state index >= 15 is 0 Å². The van der Waals surface area contributed by atoms with E-state index in [4.69, 9.17) is 0 Å². The maximum atomic E-state index is 2.74. The molecule has 0 spiro atoms. The van der Waals surface area contributed by atoms with Crippen molar-refractivity contribution in [1.29, 1.82) is 0 Å². The van der Waals surface area contributed by atoms with Crippen LogP contribution in [0.5, 0.6) is 0 Å². The van der Waals surface area contributed by atoms with E-state index < -0.39 is 50.7 Å². The zero-order valence-corrected chi connectivity index (χ0v) is 34.4. The topological polar surface area (TPSA) is 0 Å². The van der Waals surface area contributed by atoms with Crippen molar-refractivity contribution in [3.05, 3.63) is 91.1 Å². The Bertz CT molecular complexity index is 1120. The van der Waals surface area contributed by atoms with E-state index in [2.05, 4.69) is 165 Å². The fraction of sp³-hybridized carbons (Fsp3) is 0.471. The zero-order valence-electron chi connectivity index (χ0n) is 27.6. The molecule has 1 aliphatic rings. The second-order valence-electron chi connectivity index (χ2n) is 16.3. The van der Waals surface area contributed by atoms with Gasteiger partial charge < -0.3 is 0 Å². The molecule has 39 heavy (non-hydrogen) atoms. The molecule has 0 radical (unpaired) electrons. The summed E-state index contributed by atoms with van der Waals surface area (Å²) in [6, 6.07) is 22.8. The molecule has 0 aliphatic carbocycles. The first kappa shape index (κ1) is 32.8. The summed E-state index contributed by atoms with van der Waals surface area (Å²) in [7, 11) is -6.26. The van der Waals surface area contributed by atoms with Crippen molar-refractivity contribution in [2.75, 3.05) is 0 Å². The molecular formula is C34H56Si4Sn. The summed E-state index contributed by atoms with van der Waals surface area (Å²) in [4.78, 5) is 0. The minimum atomic E-state index is -3.48. The van der Waals surface area contributed by atoms with Crippen LogP contribution < -0.4 is 0 Å². The Balaban J connectivity index is 2.71. The summed E-state index contributed by atoms with van der Waals surface area (Å²) in [6.45, 7) is 37.8. The van der Waals surface area contributed by atoms with Gasteiger partial charge in [-0.15, -0.1) is 0 Å². The van der Waals surface area contributed by atoms with Crippen molar-refractivity contribution in [3.8, 4) is 0 Å². The van der Waals surface area contributed by atoms with Gasteiger partial charge in [0.2, 0.25) is 0 Å². The molecule has 0 N–H and O–H groups in total. The molecule has 0 saturated carbocycles. The molecule has 0 nitrogen and oxygen atoms in total. The Kier molecular flexibility index (Phi) is 9.72. The minimum absolute atomic E-state index is 0.931. The van der Waals surface area contributed by atoms with E-state index in [0.29, 0.717) is 0 Å². The van der Waals surface area contributed by atoms with Crippen molar-refractivity contribution < 1.29 is 0 Å². The quantitative estimate of drug-likeness (QED) is 0.241. The second-order valence-corrected chi connectivity index (χ2v) is 56.7. The van der Waals surface area contributed by atoms with Gasteiger partial charge in [-0.2, -0.15) is 0 Å². The van der Waals surface area contributed by atoms with Crippen molar-refractivity contribution in [1.82, 2.24) is 0 Å². The van der Waals surface area contributed by atoms with Crippen LogP contribution in [-0.2, 0) is 0 Å². The van der Waals surface area contributed by atoms with Gasteiger partial charge in [0.1, 0.15) is 0 Å². The van der Waals surface area contributed by atoms with E-state index in [9.17, 15) is 0 Å². The number of hydrogen-bond acceptors (Lipinski definition) is 0. The van der Waals surface area contributed by atoms with Crippen LogP contribution in [0.3, 0.4) is 0 Å². The van der Waals surface area contributed by atoms with Crippen LogP contribution in [0.2, 0.25) is 84.9 Å². The summed E-state index contributed by atoms with van der Waals surface area (Å²) in [5.74, 6) is 0. The third-order valence-corrected chi connectivity index (χ3v) is 81.5. The third-order valence-electron chi connectivity index (χ3n) is 8.90. The molecule has 0 unspecified atom stereocenters. The molecule has 0 atom stereocenters. The number of benzene rings is 2. The van der Waals surface area contributed by atoms with Crippen LogP contribution in [0.15, 0.2) is 80.0 Å². The summed E-state index contributed by atoms with van der Waals surface area (Å²) in [5, 5.41) is 0. The zero-order chi connectivity index (χ0) is 29.6. The van der Waals surface area contributed by atoms with Crippen molar-refractivity contribution in [3.63, 3.8) is 0 Å². The SMILES string of the molecule is C/C(=[C]1C=C/[C](=C(/C)c2ccccc2)[Sn]/1([CH]([Si](C)(C)C)[Si](C)(C)C)[CH]([Si](C)(C)C)[Si](C)(C)C)c1ccccc1. The molecule has 0 saturated heterocycles. The molecule has 0 fully saturated rings. The molecule has 0 bridgehead atoms. The molecule has 1 heterocycles. The van der Waals surface area contributed by atoms with Gasteiger partial charge in [-0.3, -0.25) is 0 Å². The van der Waals surface area contributed by atoms with Gasteiger partial charge in [-0.1, -0.05) is 0 Å². The van der Waals surface area contributed by atoms with Crippen molar-refractivity contribution >= 4 is 61.8 Å². The second kappa shape index (κ2) is 11.5. The molecular weight excluding hydrogens is 639 g/mol. The number of rotatable bonds is 8. The van der Waals surface area contributed by atoms with E-state index in [0.717, 1.165) is 6.36 Å². The Labute approximate surface area is 250 Å². The summed E-state index contributed by atoms with van der Waals surface area (Å²) < 4.78 is 5.57. The molecule has 0 aromatic heterocycles. The Hall–Kier alpha value is -0.674. The maximum absolute atomic E-state index is 3.48. The third kappa shape index (κ3) is 6.55. The van der Waals surface area contributed by atoms with E-state index in [-0.39, 0.29) is 0 Å². The van der Waals surface area contributed by atoms with E-state index in [1.807, 2.05) is 7.18 Å². The molecule has 5 heteroatoms. The standard InChI is InChI=1S/C20H18.2C7H19Si2.Sn/c1-17(19-13-5-3-6-14-19)11-9-10-12-18(2)20-15-7-4-8-16-20;2*1-8(2,3)7-9(4,5)6;/h3-10,13-16H,1-2H3;2*7H,1-6H3;. The normalized spacial score (nSPS) is 19.2. The molecule has 2 aromatic carbocycles. The fourth-order valence-corrected chi connectivity index (χ4v) is 111. The van der Waals surface area contributed by atoms with Gasteiger partial charge in [0.05, 0.1) is 0 Å². The first-order chi connectivity index (χ1) is 17.7. The van der Waals surface area contributed by atoms with E-state index in [1.165, 1.54) is 11.1 Å². The molecule has 2 aromatic rings. The van der Waals surface area contributed by atoms with Gasteiger partial charge >= 0.3 is 252 Å². The molecule has 0 amide bonds. The van der Waals surface area contributed by atoms with Crippen LogP contribution >= 0.6 is 0 Å². The predicted molar refractivity (Wildman–Crippen MR) is 194 cm³/mol. The predicted octanol–water partition coefficient (Wildman–Crippen LogP) is 11.3. The fourth-order valence-electron chi connectivity index (χ4n) is 9.26. The van der Waals surface area contributed by atoms with Crippen molar-refractivity contribution in [2.24, 2.45) is 0 Å². The van der Waals surface area contributed by atoms with Gasteiger partial charge in [0.15, 0.2) is 0 Å². The first-order valence-electron chi connectivity index (χ1n) is 15.0. The van der Waals surface area contributed by atoms with Gasteiger partial charge in [-0.05, 0) is 0 Å². The first-order valence-corrected chi connectivity index (χ1v) is 35.4. The van der Waals surface area contributed by atoms with Crippen molar-refractivity contribution in [2.45, 2.75) is 98.8 Å². The van der Waals surface area contributed by atoms with Crippen LogP contribution in [0.25, 0.3) is 11.1 Å².